The number of ether oxygens (including phenoxy) is 3. The Morgan fingerprint density at radius 3 is 2.70 bits per heavy atom. The molecular formula is C23H22N4O3. The highest BCUT2D eigenvalue weighted by Crippen LogP contribution is 2.46. The minimum atomic E-state index is -0.418. The third kappa shape index (κ3) is 3.44. The Morgan fingerprint density at radius 1 is 1.20 bits per heavy atom. The van der Waals surface area contributed by atoms with E-state index in [-0.39, 0.29) is 5.88 Å². The molecule has 0 amide bonds. The maximum atomic E-state index is 9.83. The molecule has 2 heterocycles. The van der Waals surface area contributed by atoms with Crippen molar-refractivity contribution in [3.8, 4) is 34.7 Å². The third-order valence-electron chi connectivity index (χ3n) is 4.98. The lowest BCUT2D eigenvalue weighted by Gasteiger charge is -2.24. The van der Waals surface area contributed by atoms with Crippen LogP contribution in [0.4, 0.5) is 0 Å². The van der Waals surface area contributed by atoms with Gasteiger partial charge in [-0.2, -0.15) is 5.26 Å². The molecule has 0 saturated heterocycles. The van der Waals surface area contributed by atoms with E-state index in [0.717, 1.165) is 40.3 Å². The summed E-state index contributed by atoms with van der Waals surface area (Å²) >= 11 is 0. The number of fused-ring (bicyclic) bond motifs is 1. The normalized spacial score (nSPS) is 15.2. The van der Waals surface area contributed by atoms with Crippen molar-refractivity contribution in [2.45, 2.75) is 19.3 Å². The molecule has 7 nitrogen and oxygen atoms in total. The Bertz CT molecular complexity index is 1130. The minimum absolute atomic E-state index is 0.0602. The van der Waals surface area contributed by atoms with Crippen molar-refractivity contribution in [1.29, 1.82) is 5.26 Å². The van der Waals surface area contributed by atoms with E-state index in [1.54, 1.807) is 7.11 Å². The fourth-order valence-corrected chi connectivity index (χ4v) is 3.55. The van der Waals surface area contributed by atoms with Gasteiger partial charge in [-0.3, -0.25) is 5.10 Å². The second-order valence-electron chi connectivity index (χ2n) is 6.89. The van der Waals surface area contributed by atoms with Crippen LogP contribution in [0.25, 0.3) is 11.3 Å². The summed E-state index contributed by atoms with van der Waals surface area (Å²) in [5.74, 6) is 1.50. The van der Waals surface area contributed by atoms with Gasteiger partial charge in [-0.05, 0) is 36.2 Å². The molecule has 1 aromatic heterocycles. The van der Waals surface area contributed by atoms with Gasteiger partial charge in [0.05, 0.1) is 30.9 Å². The molecular weight excluding hydrogens is 380 g/mol. The minimum Gasteiger partial charge on any atom is -0.497 e. The van der Waals surface area contributed by atoms with Crippen molar-refractivity contribution >= 4 is 0 Å². The molecule has 0 radical (unpaired) electrons. The standard InChI is InChI=1S/C23H22N4O3/c1-3-11-29-16-9-7-14(8-10-16)19-18(13-24)22(25)30-23-20(19)21(26-27-23)15-5-4-6-17(12-15)28-2/h4-10,12,19H,3,11,25H2,1-2H3,(H,26,27)/t19-/m0/s1. The van der Waals surface area contributed by atoms with Gasteiger partial charge in [-0.1, -0.05) is 31.2 Å². The number of aromatic amines is 1. The maximum Gasteiger partial charge on any atom is 0.244 e. The Labute approximate surface area is 174 Å². The van der Waals surface area contributed by atoms with Crippen molar-refractivity contribution in [3.05, 3.63) is 71.1 Å². The smallest absolute Gasteiger partial charge is 0.244 e. The first-order chi connectivity index (χ1) is 14.7. The molecule has 0 fully saturated rings. The number of nitriles is 1. The summed E-state index contributed by atoms with van der Waals surface area (Å²) in [5.41, 5.74) is 9.68. The molecule has 0 saturated carbocycles. The molecule has 3 aromatic rings. The van der Waals surface area contributed by atoms with E-state index in [0.29, 0.717) is 18.1 Å². The van der Waals surface area contributed by atoms with Gasteiger partial charge in [0.15, 0.2) is 0 Å². The molecule has 0 unspecified atom stereocenters. The zero-order chi connectivity index (χ0) is 21.1. The summed E-state index contributed by atoms with van der Waals surface area (Å²) in [6.45, 7) is 2.71. The van der Waals surface area contributed by atoms with Crippen LogP contribution in [0, 0.1) is 11.3 Å². The van der Waals surface area contributed by atoms with Gasteiger partial charge in [-0.15, -0.1) is 5.10 Å². The van der Waals surface area contributed by atoms with Crippen LogP contribution in [0.3, 0.4) is 0 Å². The molecule has 7 heteroatoms. The molecule has 1 aliphatic heterocycles. The lowest BCUT2D eigenvalue weighted by atomic mass is 9.83. The number of nitrogens with one attached hydrogen (secondary N) is 1. The average Bonchev–Trinajstić information content (AvgIpc) is 3.20. The second kappa shape index (κ2) is 8.21. The highest BCUT2D eigenvalue weighted by Gasteiger charge is 2.35. The first-order valence-corrected chi connectivity index (χ1v) is 9.69. The molecule has 2 aromatic carbocycles. The van der Waals surface area contributed by atoms with Gasteiger partial charge >= 0.3 is 0 Å². The van der Waals surface area contributed by atoms with Crippen molar-refractivity contribution in [2.75, 3.05) is 13.7 Å². The SMILES string of the molecule is CCCOc1ccc([C@H]2C(C#N)=C(N)Oc3n[nH]c(-c4cccc(OC)c4)c32)cc1. The quantitative estimate of drug-likeness (QED) is 0.643. The zero-order valence-corrected chi connectivity index (χ0v) is 16.8. The molecule has 0 spiro atoms. The van der Waals surface area contributed by atoms with Crippen molar-refractivity contribution in [1.82, 2.24) is 10.2 Å². The number of nitrogens with zero attached hydrogens (tertiary/aromatic N) is 2. The zero-order valence-electron chi connectivity index (χ0n) is 16.8. The predicted octanol–water partition coefficient (Wildman–Crippen LogP) is 4.09. The van der Waals surface area contributed by atoms with Gasteiger partial charge in [-0.25, -0.2) is 0 Å². The van der Waals surface area contributed by atoms with E-state index < -0.39 is 5.92 Å². The van der Waals surface area contributed by atoms with Crippen LogP contribution in [0.5, 0.6) is 17.4 Å². The summed E-state index contributed by atoms with van der Waals surface area (Å²) in [7, 11) is 1.62. The summed E-state index contributed by atoms with van der Waals surface area (Å²) in [6, 6.07) is 17.5. The van der Waals surface area contributed by atoms with E-state index >= 15 is 0 Å². The number of methoxy groups -OCH3 is 1. The molecule has 3 N–H and O–H groups in total. The fourth-order valence-electron chi connectivity index (χ4n) is 3.55. The number of hydrogen-bond acceptors (Lipinski definition) is 6. The second-order valence-corrected chi connectivity index (χ2v) is 6.89. The Hall–Kier alpha value is -3.92. The van der Waals surface area contributed by atoms with Crippen LogP contribution < -0.4 is 19.9 Å². The number of benzene rings is 2. The number of H-pyrrole nitrogens is 1. The lowest BCUT2D eigenvalue weighted by molar-refractivity contribution is 0.317. The summed E-state index contributed by atoms with van der Waals surface area (Å²) < 4.78 is 16.7. The molecule has 152 valence electrons. The molecule has 0 aliphatic carbocycles. The van der Waals surface area contributed by atoms with Gasteiger partial charge < -0.3 is 19.9 Å². The van der Waals surface area contributed by atoms with Crippen LogP contribution in [0.2, 0.25) is 0 Å². The Morgan fingerprint density at radius 2 is 2.00 bits per heavy atom. The van der Waals surface area contributed by atoms with Crippen LogP contribution in [0.1, 0.15) is 30.4 Å². The topological polar surface area (TPSA) is 106 Å². The highest BCUT2D eigenvalue weighted by molar-refractivity contribution is 5.71. The first kappa shape index (κ1) is 19.4. The van der Waals surface area contributed by atoms with Crippen molar-refractivity contribution < 1.29 is 14.2 Å². The summed E-state index contributed by atoms with van der Waals surface area (Å²) in [6.07, 6.45) is 0.932. The van der Waals surface area contributed by atoms with Gasteiger partial charge in [0, 0.05) is 5.56 Å². The van der Waals surface area contributed by atoms with Crippen LogP contribution in [-0.2, 0) is 0 Å². The Balaban J connectivity index is 1.82. The van der Waals surface area contributed by atoms with Gasteiger partial charge in [0.2, 0.25) is 11.8 Å². The molecule has 1 aliphatic rings. The monoisotopic (exact) mass is 402 g/mol. The largest absolute Gasteiger partial charge is 0.497 e. The van der Waals surface area contributed by atoms with E-state index in [1.807, 2.05) is 48.5 Å². The molecule has 1 atom stereocenters. The summed E-state index contributed by atoms with van der Waals surface area (Å²) in [5, 5.41) is 17.2. The lowest BCUT2D eigenvalue weighted by Crippen LogP contribution is -2.21. The molecule has 30 heavy (non-hydrogen) atoms. The average molecular weight is 402 g/mol. The van der Waals surface area contributed by atoms with Gasteiger partial charge in [0.1, 0.15) is 23.1 Å². The van der Waals surface area contributed by atoms with Crippen LogP contribution >= 0.6 is 0 Å². The number of allylic oxidation sites excluding steroid dienone is 1. The number of nitrogens with two attached hydrogens (primary N) is 1. The predicted molar refractivity (Wildman–Crippen MR) is 112 cm³/mol. The molecule has 0 bridgehead atoms. The van der Waals surface area contributed by atoms with E-state index in [1.165, 1.54) is 0 Å². The maximum absolute atomic E-state index is 9.83. The molecule has 4 rings (SSSR count). The van der Waals surface area contributed by atoms with E-state index in [4.69, 9.17) is 19.9 Å². The van der Waals surface area contributed by atoms with E-state index in [2.05, 4.69) is 23.2 Å². The van der Waals surface area contributed by atoms with Crippen LogP contribution in [-0.4, -0.2) is 23.9 Å². The fraction of sp³-hybridized carbons (Fsp3) is 0.217. The Kier molecular flexibility index (Phi) is 5.31. The first-order valence-electron chi connectivity index (χ1n) is 9.69. The third-order valence-corrected chi connectivity index (χ3v) is 4.98. The van der Waals surface area contributed by atoms with E-state index in [9.17, 15) is 5.26 Å². The van der Waals surface area contributed by atoms with Crippen LogP contribution in [0.15, 0.2) is 60.0 Å². The number of aromatic nitrogens is 2. The van der Waals surface area contributed by atoms with Crippen molar-refractivity contribution in [2.24, 2.45) is 5.73 Å². The highest BCUT2D eigenvalue weighted by atomic mass is 16.5. The van der Waals surface area contributed by atoms with Gasteiger partial charge in [0.25, 0.3) is 0 Å². The number of hydrogen-bond donors (Lipinski definition) is 2. The van der Waals surface area contributed by atoms with Crippen molar-refractivity contribution in [3.63, 3.8) is 0 Å². The summed E-state index contributed by atoms with van der Waals surface area (Å²) in [4.78, 5) is 0. The number of rotatable bonds is 6.